The summed E-state index contributed by atoms with van der Waals surface area (Å²) in [4.78, 5) is 12.0. The molecule has 0 amide bonds. The molecule has 1 aromatic carbocycles. The van der Waals surface area contributed by atoms with E-state index >= 15 is 0 Å². The highest BCUT2D eigenvalue weighted by Crippen LogP contribution is 2.21. The van der Waals surface area contributed by atoms with Gasteiger partial charge in [-0.1, -0.05) is 17.7 Å². The molecule has 0 aliphatic heterocycles. The zero-order valence-electron chi connectivity index (χ0n) is 10.8. The fourth-order valence-electron chi connectivity index (χ4n) is 2.45. The summed E-state index contributed by atoms with van der Waals surface area (Å²) in [7, 11) is 0. The first-order valence-corrected chi connectivity index (χ1v) is 6.60. The number of carbonyl (C=O) groups excluding carboxylic acids is 1. The summed E-state index contributed by atoms with van der Waals surface area (Å²) in [6, 6.07) is 4.63. The van der Waals surface area contributed by atoms with Gasteiger partial charge in [-0.2, -0.15) is 0 Å². The average Bonchev–Trinajstić information content (AvgIpc) is 2.34. The summed E-state index contributed by atoms with van der Waals surface area (Å²) in [5.74, 6) is -0.00320. The van der Waals surface area contributed by atoms with E-state index in [9.17, 15) is 9.18 Å². The van der Waals surface area contributed by atoms with Gasteiger partial charge in [-0.3, -0.25) is 4.79 Å². The van der Waals surface area contributed by atoms with Gasteiger partial charge in [0, 0.05) is 12.8 Å². The second kappa shape index (κ2) is 5.94. The van der Waals surface area contributed by atoms with Crippen LogP contribution in [0.3, 0.4) is 0 Å². The highest BCUT2D eigenvalue weighted by molar-refractivity contribution is 5.83. The Labute approximate surface area is 108 Å². The molecule has 0 atom stereocenters. The normalized spacial score (nSPS) is 15.3. The molecule has 0 saturated heterocycles. The summed E-state index contributed by atoms with van der Waals surface area (Å²) in [5, 5.41) is 0. The quantitative estimate of drug-likeness (QED) is 0.730. The molecule has 1 nitrogen and oxygen atoms in total. The summed E-state index contributed by atoms with van der Waals surface area (Å²) in [5.41, 5.74) is 3.09. The molecule has 1 aromatic rings. The van der Waals surface area contributed by atoms with E-state index in [0.717, 1.165) is 24.0 Å². The fourth-order valence-corrected chi connectivity index (χ4v) is 2.45. The molecule has 0 heterocycles. The van der Waals surface area contributed by atoms with Crippen molar-refractivity contribution in [1.82, 2.24) is 0 Å². The largest absolute Gasteiger partial charge is 0.299 e. The van der Waals surface area contributed by atoms with Gasteiger partial charge in [0.15, 0.2) is 0 Å². The Morgan fingerprint density at radius 1 is 1.28 bits per heavy atom. The van der Waals surface area contributed by atoms with Crippen molar-refractivity contribution < 1.29 is 9.18 Å². The van der Waals surface area contributed by atoms with Gasteiger partial charge in [0.25, 0.3) is 0 Å². The van der Waals surface area contributed by atoms with E-state index in [-0.39, 0.29) is 11.6 Å². The van der Waals surface area contributed by atoms with Gasteiger partial charge in [-0.05, 0) is 55.9 Å². The van der Waals surface area contributed by atoms with Gasteiger partial charge in [0.05, 0.1) is 0 Å². The molecule has 18 heavy (non-hydrogen) atoms. The van der Waals surface area contributed by atoms with E-state index in [1.807, 2.05) is 6.92 Å². The lowest BCUT2D eigenvalue weighted by Gasteiger charge is -2.12. The van der Waals surface area contributed by atoms with Crippen LogP contribution in [0, 0.1) is 12.7 Å². The first kappa shape index (κ1) is 13.0. The van der Waals surface area contributed by atoms with Gasteiger partial charge in [0.1, 0.15) is 11.6 Å². The van der Waals surface area contributed by atoms with E-state index in [4.69, 9.17) is 0 Å². The number of Topliss-reactive ketones (excluding diaryl/α,β-unsaturated/α-hetero) is 1. The third-order valence-corrected chi connectivity index (χ3v) is 3.50. The smallest absolute Gasteiger partial charge is 0.141 e. The molecule has 1 aliphatic carbocycles. The number of aryl methyl sites for hydroxylation is 1. The maximum absolute atomic E-state index is 13.0. The minimum atomic E-state index is -0.237. The molecule has 0 radical (unpaired) electrons. The highest BCUT2D eigenvalue weighted by atomic mass is 19.1. The van der Waals surface area contributed by atoms with Crippen LogP contribution in [0.4, 0.5) is 4.39 Å². The molecule has 0 N–H and O–H groups in total. The number of rotatable bonds is 4. The van der Waals surface area contributed by atoms with Crippen LogP contribution in [0.5, 0.6) is 0 Å². The number of carbonyl (C=O) groups is 1. The summed E-state index contributed by atoms with van der Waals surface area (Å²) in [6.45, 7) is 1.85. The number of ketones is 1. The zero-order valence-corrected chi connectivity index (χ0v) is 10.8. The summed E-state index contributed by atoms with van der Waals surface area (Å²) >= 11 is 0. The van der Waals surface area contributed by atoms with Crippen LogP contribution in [0.25, 0.3) is 0 Å². The molecule has 0 saturated carbocycles. The van der Waals surface area contributed by atoms with Crippen LogP contribution in [0.1, 0.15) is 43.2 Å². The Balaban J connectivity index is 1.96. The van der Waals surface area contributed by atoms with E-state index in [2.05, 4.69) is 6.08 Å². The number of hydrogen-bond acceptors (Lipinski definition) is 1. The van der Waals surface area contributed by atoms with E-state index in [1.54, 1.807) is 6.07 Å². The SMILES string of the molecule is Cc1cc(F)ccc1CC(=O)CC1=CCCCC1. The van der Waals surface area contributed by atoms with Gasteiger partial charge in [0.2, 0.25) is 0 Å². The van der Waals surface area contributed by atoms with Crippen molar-refractivity contribution in [2.75, 3.05) is 0 Å². The third kappa shape index (κ3) is 3.52. The topological polar surface area (TPSA) is 17.1 Å². The minimum absolute atomic E-state index is 0.234. The van der Waals surface area contributed by atoms with Crippen molar-refractivity contribution in [3.63, 3.8) is 0 Å². The molecular formula is C16H19FO. The monoisotopic (exact) mass is 246 g/mol. The first-order chi connectivity index (χ1) is 8.65. The molecule has 1 aliphatic rings. The number of halogens is 1. The van der Waals surface area contributed by atoms with Crippen LogP contribution in [0.2, 0.25) is 0 Å². The molecule has 0 aromatic heterocycles. The highest BCUT2D eigenvalue weighted by Gasteiger charge is 2.11. The zero-order chi connectivity index (χ0) is 13.0. The van der Waals surface area contributed by atoms with Crippen LogP contribution in [0.15, 0.2) is 29.8 Å². The lowest BCUT2D eigenvalue weighted by Crippen LogP contribution is -2.07. The van der Waals surface area contributed by atoms with Crippen LogP contribution in [-0.4, -0.2) is 5.78 Å². The maximum Gasteiger partial charge on any atom is 0.141 e. The van der Waals surface area contributed by atoms with Gasteiger partial charge < -0.3 is 0 Å². The number of benzene rings is 1. The van der Waals surface area contributed by atoms with Gasteiger partial charge in [-0.15, -0.1) is 0 Å². The standard InChI is InChI=1S/C16H19FO/c1-12-9-15(17)8-7-14(12)11-16(18)10-13-5-3-2-4-6-13/h5,7-9H,2-4,6,10-11H2,1H3. The van der Waals surface area contributed by atoms with Crippen LogP contribution in [-0.2, 0) is 11.2 Å². The van der Waals surface area contributed by atoms with Crippen molar-refractivity contribution in [2.24, 2.45) is 0 Å². The molecule has 0 unspecified atom stereocenters. The predicted molar refractivity (Wildman–Crippen MR) is 71.0 cm³/mol. The van der Waals surface area contributed by atoms with Crippen molar-refractivity contribution in [1.29, 1.82) is 0 Å². The number of hydrogen-bond donors (Lipinski definition) is 0. The maximum atomic E-state index is 13.0. The van der Waals surface area contributed by atoms with Crippen molar-refractivity contribution in [3.05, 3.63) is 46.8 Å². The van der Waals surface area contributed by atoms with E-state index in [0.29, 0.717) is 12.8 Å². The third-order valence-electron chi connectivity index (χ3n) is 3.50. The second-order valence-electron chi connectivity index (χ2n) is 5.07. The predicted octanol–water partition coefficient (Wildman–Crippen LogP) is 4.14. The minimum Gasteiger partial charge on any atom is -0.299 e. The lowest BCUT2D eigenvalue weighted by molar-refractivity contribution is -0.117. The second-order valence-corrected chi connectivity index (χ2v) is 5.07. The molecule has 2 heteroatoms. The molecule has 0 bridgehead atoms. The fraction of sp³-hybridized carbons (Fsp3) is 0.438. The Hall–Kier alpha value is -1.44. The Bertz CT molecular complexity index is 474. The summed E-state index contributed by atoms with van der Waals surface area (Å²) in [6.07, 6.45) is 7.81. The number of allylic oxidation sites excluding steroid dienone is 2. The van der Waals surface area contributed by atoms with Gasteiger partial charge >= 0.3 is 0 Å². The Morgan fingerprint density at radius 3 is 2.78 bits per heavy atom. The molecule has 2 rings (SSSR count). The molecule has 96 valence electrons. The Kier molecular flexibility index (Phi) is 4.29. The van der Waals surface area contributed by atoms with Crippen molar-refractivity contribution >= 4 is 5.78 Å². The van der Waals surface area contributed by atoms with Crippen molar-refractivity contribution in [3.8, 4) is 0 Å². The van der Waals surface area contributed by atoms with Crippen LogP contribution < -0.4 is 0 Å². The Morgan fingerprint density at radius 2 is 2.11 bits per heavy atom. The van der Waals surface area contributed by atoms with E-state index < -0.39 is 0 Å². The molecule has 0 fully saturated rings. The van der Waals surface area contributed by atoms with E-state index in [1.165, 1.54) is 30.5 Å². The van der Waals surface area contributed by atoms with Crippen LogP contribution >= 0.6 is 0 Å². The molecule has 0 spiro atoms. The average molecular weight is 246 g/mol. The molecular weight excluding hydrogens is 227 g/mol. The lowest BCUT2D eigenvalue weighted by atomic mass is 9.93. The van der Waals surface area contributed by atoms with Gasteiger partial charge in [-0.25, -0.2) is 4.39 Å². The van der Waals surface area contributed by atoms with Crippen molar-refractivity contribution in [2.45, 2.75) is 45.4 Å². The first-order valence-electron chi connectivity index (χ1n) is 6.60. The summed E-state index contributed by atoms with van der Waals surface area (Å²) < 4.78 is 13.0.